The minimum atomic E-state index is -0.591. The van der Waals surface area contributed by atoms with Gasteiger partial charge >= 0.3 is 0 Å². The monoisotopic (exact) mass is 480 g/mol. The molecule has 0 spiro atoms. The van der Waals surface area contributed by atoms with Crippen LogP contribution in [0.25, 0.3) is 10.9 Å². The Labute approximate surface area is 211 Å². The number of hydrogen-bond donors (Lipinski definition) is 2. The summed E-state index contributed by atoms with van der Waals surface area (Å²) in [6.07, 6.45) is 1.27. The third kappa shape index (κ3) is 4.28. The van der Waals surface area contributed by atoms with Gasteiger partial charge in [0.2, 0.25) is 0 Å². The summed E-state index contributed by atoms with van der Waals surface area (Å²) in [5.74, 6) is 0.112. The van der Waals surface area contributed by atoms with Gasteiger partial charge in [0.1, 0.15) is 5.78 Å². The fourth-order valence-corrected chi connectivity index (χ4v) is 6.10. The predicted molar refractivity (Wildman–Crippen MR) is 141 cm³/mol. The maximum absolute atomic E-state index is 13.7. The lowest BCUT2D eigenvalue weighted by molar-refractivity contribution is -0.128. The van der Waals surface area contributed by atoms with Gasteiger partial charge in [0.15, 0.2) is 0 Å². The fourth-order valence-electron chi connectivity index (χ4n) is 6.10. The molecule has 3 aromatic carbocycles. The number of nitrogens with one attached hydrogen (secondary N) is 2. The molecule has 0 radical (unpaired) electrons. The standard InChI is InChI=1S/C31H32N2O3/c34-28-17-27-29-24-13-7-8-14-26(24)33-30(29)31(25(28)15-16-32-27,20-35-18-22-9-3-1-4-10-22)21-36-19-23-11-5-2-6-12-23/h1-14,25,27,32-33H,15-21H2. The summed E-state index contributed by atoms with van der Waals surface area (Å²) in [7, 11) is 0. The zero-order valence-electron chi connectivity index (χ0n) is 20.4. The van der Waals surface area contributed by atoms with Crippen LogP contribution in [0, 0.1) is 5.92 Å². The first-order valence-electron chi connectivity index (χ1n) is 12.9. The first-order valence-corrected chi connectivity index (χ1v) is 12.9. The van der Waals surface area contributed by atoms with Gasteiger partial charge in [-0.05, 0) is 35.7 Å². The summed E-state index contributed by atoms with van der Waals surface area (Å²) in [6, 6.07) is 28.8. The van der Waals surface area contributed by atoms with Crippen molar-refractivity contribution in [2.45, 2.75) is 37.5 Å². The molecule has 2 bridgehead atoms. The maximum Gasteiger partial charge on any atom is 0.139 e. The van der Waals surface area contributed by atoms with Crippen LogP contribution in [0.4, 0.5) is 0 Å². The van der Waals surface area contributed by atoms with Crippen molar-refractivity contribution in [1.29, 1.82) is 0 Å². The van der Waals surface area contributed by atoms with E-state index >= 15 is 0 Å². The second-order valence-electron chi connectivity index (χ2n) is 10.1. The molecule has 5 heteroatoms. The Morgan fingerprint density at radius 1 is 0.806 bits per heavy atom. The number of ether oxygens (including phenoxy) is 2. The van der Waals surface area contributed by atoms with Gasteiger partial charge in [0, 0.05) is 35.0 Å². The molecule has 184 valence electrons. The van der Waals surface area contributed by atoms with E-state index in [1.165, 1.54) is 10.9 Å². The van der Waals surface area contributed by atoms with Crippen molar-refractivity contribution in [3.05, 3.63) is 107 Å². The first kappa shape index (κ1) is 23.2. The second kappa shape index (κ2) is 10.0. The molecule has 2 atom stereocenters. The minimum Gasteiger partial charge on any atom is -0.376 e. The SMILES string of the molecule is O=C1CC2NCCC1C(COCc1ccccc1)(COCc1ccccc1)c1[nH]c3ccccc3c12. The van der Waals surface area contributed by atoms with Gasteiger partial charge in [0.25, 0.3) is 0 Å². The molecule has 2 unspecified atom stereocenters. The molecule has 6 rings (SSSR count). The smallest absolute Gasteiger partial charge is 0.139 e. The summed E-state index contributed by atoms with van der Waals surface area (Å²) in [6.45, 7) is 2.64. The molecular formula is C31H32N2O3. The highest BCUT2D eigenvalue weighted by Gasteiger charge is 2.52. The number of aromatic amines is 1. The lowest BCUT2D eigenvalue weighted by Crippen LogP contribution is -2.48. The quantitative estimate of drug-likeness (QED) is 0.351. The third-order valence-corrected chi connectivity index (χ3v) is 7.82. The van der Waals surface area contributed by atoms with E-state index in [0.29, 0.717) is 38.6 Å². The fraction of sp³-hybridized carbons (Fsp3) is 0.323. The van der Waals surface area contributed by atoms with Crippen LogP contribution in [0.1, 0.15) is 41.3 Å². The maximum atomic E-state index is 13.7. The van der Waals surface area contributed by atoms with E-state index in [2.05, 4.69) is 58.8 Å². The van der Waals surface area contributed by atoms with E-state index in [9.17, 15) is 4.79 Å². The van der Waals surface area contributed by atoms with Gasteiger partial charge < -0.3 is 19.8 Å². The molecule has 1 saturated heterocycles. The Kier molecular flexibility index (Phi) is 6.45. The Morgan fingerprint density at radius 2 is 1.42 bits per heavy atom. The minimum absolute atomic E-state index is 0.00114. The van der Waals surface area contributed by atoms with Crippen molar-refractivity contribution in [3.8, 4) is 0 Å². The van der Waals surface area contributed by atoms with Gasteiger partial charge in [-0.1, -0.05) is 78.9 Å². The molecular weight excluding hydrogens is 448 g/mol. The molecule has 2 N–H and O–H groups in total. The molecule has 4 aromatic rings. The Hall–Kier alpha value is -3.25. The first-order chi connectivity index (χ1) is 17.7. The average molecular weight is 481 g/mol. The number of H-pyrrole nitrogens is 1. The van der Waals surface area contributed by atoms with E-state index < -0.39 is 5.41 Å². The predicted octanol–water partition coefficient (Wildman–Crippen LogP) is 5.46. The molecule has 2 aliphatic rings. The summed E-state index contributed by atoms with van der Waals surface area (Å²) in [4.78, 5) is 17.5. The number of rotatable bonds is 8. The van der Waals surface area contributed by atoms with Crippen molar-refractivity contribution in [2.24, 2.45) is 5.92 Å². The van der Waals surface area contributed by atoms with Gasteiger partial charge in [0.05, 0.1) is 31.8 Å². The van der Waals surface area contributed by atoms with E-state index in [1.54, 1.807) is 0 Å². The molecule has 2 heterocycles. The van der Waals surface area contributed by atoms with E-state index in [0.717, 1.165) is 35.3 Å². The highest BCUT2D eigenvalue weighted by molar-refractivity contribution is 5.91. The van der Waals surface area contributed by atoms with Crippen molar-refractivity contribution < 1.29 is 14.3 Å². The largest absolute Gasteiger partial charge is 0.376 e. The second-order valence-corrected chi connectivity index (χ2v) is 10.1. The molecule has 1 aliphatic carbocycles. The summed E-state index contributed by atoms with van der Waals surface area (Å²) >= 11 is 0. The summed E-state index contributed by atoms with van der Waals surface area (Å²) < 4.78 is 12.9. The van der Waals surface area contributed by atoms with Crippen LogP contribution in [-0.4, -0.2) is 30.5 Å². The lowest BCUT2D eigenvalue weighted by atomic mass is 9.70. The van der Waals surface area contributed by atoms with Gasteiger partial charge in [-0.15, -0.1) is 0 Å². The topological polar surface area (TPSA) is 63.4 Å². The normalized spacial score (nSPS) is 20.7. The number of Topliss-reactive ketones (excluding diaryl/α,β-unsaturated/α-hetero) is 1. The van der Waals surface area contributed by atoms with Crippen LogP contribution in [-0.2, 0) is 32.9 Å². The van der Waals surface area contributed by atoms with Crippen LogP contribution in [0.15, 0.2) is 84.9 Å². The average Bonchev–Trinajstić information content (AvgIpc) is 3.15. The van der Waals surface area contributed by atoms with Crippen molar-refractivity contribution in [2.75, 3.05) is 19.8 Å². The lowest BCUT2D eigenvalue weighted by Gasteiger charge is -2.39. The molecule has 36 heavy (non-hydrogen) atoms. The van der Waals surface area contributed by atoms with Crippen LogP contribution in [0.3, 0.4) is 0 Å². The highest BCUT2D eigenvalue weighted by atomic mass is 16.5. The van der Waals surface area contributed by atoms with Gasteiger partial charge in [-0.2, -0.15) is 0 Å². The highest BCUT2D eigenvalue weighted by Crippen LogP contribution is 2.48. The number of carbonyl (C=O) groups is 1. The van der Waals surface area contributed by atoms with Crippen molar-refractivity contribution in [1.82, 2.24) is 10.3 Å². The number of carbonyl (C=O) groups excluding carboxylic acids is 1. The van der Waals surface area contributed by atoms with Crippen molar-refractivity contribution in [3.63, 3.8) is 0 Å². The summed E-state index contributed by atoms with van der Waals surface area (Å²) in [5.41, 5.74) is 5.05. The van der Waals surface area contributed by atoms with Crippen LogP contribution in [0.2, 0.25) is 0 Å². The number of fused-ring (bicyclic) bond motifs is 7. The molecule has 0 amide bonds. The molecule has 5 nitrogen and oxygen atoms in total. The van der Waals surface area contributed by atoms with Crippen molar-refractivity contribution >= 4 is 16.7 Å². The van der Waals surface area contributed by atoms with Crippen LogP contribution in [0.5, 0.6) is 0 Å². The Balaban J connectivity index is 1.41. The van der Waals surface area contributed by atoms with E-state index in [1.807, 2.05) is 36.4 Å². The summed E-state index contributed by atoms with van der Waals surface area (Å²) in [5, 5.41) is 4.83. The van der Waals surface area contributed by atoms with Crippen LogP contribution < -0.4 is 5.32 Å². The van der Waals surface area contributed by atoms with Gasteiger partial charge in [-0.3, -0.25) is 4.79 Å². The van der Waals surface area contributed by atoms with E-state index in [4.69, 9.17) is 9.47 Å². The molecule has 1 aromatic heterocycles. The third-order valence-electron chi connectivity index (χ3n) is 7.82. The number of benzene rings is 3. The zero-order chi connectivity index (χ0) is 24.4. The molecule has 0 saturated carbocycles. The molecule has 1 fully saturated rings. The number of para-hydroxylation sites is 1. The number of ketones is 1. The van der Waals surface area contributed by atoms with Gasteiger partial charge in [-0.25, -0.2) is 0 Å². The molecule has 1 aliphatic heterocycles. The zero-order valence-corrected chi connectivity index (χ0v) is 20.4. The van der Waals surface area contributed by atoms with E-state index in [-0.39, 0.29) is 12.0 Å². The van der Waals surface area contributed by atoms with Crippen LogP contribution >= 0.6 is 0 Å². The number of hydrogen-bond acceptors (Lipinski definition) is 4. The Bertz CT molecular complexity index is 1290. The number of aromatic nitrogens is 1. The Morgan fingerprint density at radius 3 is 2.08 bits per heavy atom.